The normalized spacial score (nSPS) is 17.5. The average Bonchev–Trinajstić information content (AvgIpc) is 2.55. The van der Waals surface area contributed by atoms with Gasteiger partial charge in [0.15, 0.2) is 0 Å². The summed E-state index contributed by atoms with van der Waals surface area (Å²) in [5.41, 5.74) is 2.60. The summed E-state index contributed by atoms with van der Waals surface area (Å²) in [7, 11) is 0. The van der Waals surface area contributed by atoms with Crippen LogP contribution in [0.3, 0.4) is 0 Å². The highest BCUT2D eigenvalue weighted by atomic mass is 16.2. The molecule has 1 aliphatic heterocycles. The molecule has 5 heteroatoms. The van der Waals surface area contributed by atoms with E-state index >= 15 is 0 Å². The monoisotopic (exact) mass is 309 g/mol. The van der Waals surface area contributed by atoms with E-state index in [1.165, 1.54) is 0 Å². The van der Waals surface area contributed by atoms with Crippen LogP contribution in [0, 0.1) is 6.92 Å². The molecule has 0 saturated carbocycles. The number of para-hydroxylation sites is 1. The van der Waals surface area contributed by atoms with Crippen LogP contribution in [0.4, 0.5) is 10.5 Å². The highest BCUT2D eigenvalue weighted by molar-refractivity contribution is 5.95. The van der Waals surface area contributed by atoms with E-state index in [9.17, 15) is 9.59 Å². The van der Waals surface area contributed by atoms with Gasteiger partial charge in [-0.3, -0.25) is 4.79 Å². The summed E-state index contributed by atoms with van der Waals surface area (Å²) in [6, 6.07) is 16.1. The summed E-state index contributed by atoms with van der Waals surface area (Å²) in [4.78, 5) is 26.5. The fourth-order valence-electron chi connectivity index (χ4n) is 2.77. The predicted molar refractivity (Wildman–Crippen MR) is 89.1 cm³/mol. The number of benzene rings is 2. The van der Waals surface area contributed by atoms with Crippen LogP contribution in [0.5, 0.6) is 0 Å². The number of hydrogen-bond donors (Lipinski definition) is 2. The molecule has 1 fully saturated rings. The summed E-state index contributed by atoms with van der Waals surface area (Å²) in [6.45, 7) is 2.91. The molecule has 118 valence electrons. The molecule has 3 amide bonds. The maximum Gasteiger partial charge on any atom is 0.322 e. The van der Waals surface area contributed by atoms with Crippen LogP contribution >= 0.6 is 0 Å². The fraction of sp³-hybridized carbons (Fsp3) is 0.222. The molecule has 23 heavy (non-hydrogen) atoms. The van der Waals surface area contributed by atoms with Gasteiger partial charge in [-0.25, -0.2) is 4.79 Å². The Labute approximate surface area is 135 Å². The van der Waals surface area contributed by atoms with Crippen molar-refractivity contribution in [3.63, 3.8) is 0 Å². The minimum atomic E-state index is -0.604. The molecule has 1 atom stereocenters. The van der Waals surface area contributed by atoms with E-state index in [0.29, 0.717) is 18.8 Å². The first-order chi connectivity index (χ1) is 11.1. The lowest BCUT2D eigenvalue weighted by Crippen LogP contribution is -2.53. The van der Waals surface area contributed by atoms with Crippen molar-refractivity contribution in [1.82, 2.24) is 10.2 Å². The number of carbonyl (C=O) groups excluding carboxylic acids is 2. The number of nitrogens with one attached hydrogen (secondary N) is 2. The van der Waals surface area contributed by atoms with Crippen LogP contribution in [0.25, 0.3) is 0 Å². The van der Waals surface area contributed by atoms with Crippen LogP contribution in [0.15, 0.2) is 54.6 Å². The van der Waals surface area contributed by atoms with Crippen molar-refractivity contribution in [3.8, 4) is 0 Å². The van der Waals surface area contributed by atoms with Gasteiger partial charge >= 0.3 is 6.03 Å². The molecule has 1 heterocycles. The Hall–Kier alpha value is -2.82. The summed E-state index contributed by atoms with van der Waals surface area (Å²) in [6.07, 6.45) is 0. The van der Waals surface area contributed by atoms with Crippen LogP contribution in [0.2, 0.25) is 0 Å². The fourth-order valence-corrected chi connectivity index (χ4v) is 2.77. The van der Waals surface area contributed by atoms with Crippen molar-refractivity contribution in [3.05, 3.63) is 65.7 Å². The maximum atomic E-state index is 12.6. The molecule has 1 saturated heterocycles. The van der Waals surface area contributed by atoms with Crippen molar-refractivity contribution >= 4 is 17.6 Å². The van der Waals surface area contributed by atoms with Gasteiger partial charge in [0.2, 0.25) is 5.91 Å². The molecule has 0 bridgehead atoms. The second kappa shape index (κ2) is 6.52. The Morgan fingerprint density at radius 3 is 2.70 bits per heavy atom. The maximum absolute atomic E-state index is 12.6. The van der Waals surface area contributed by atoms with E-state index in [1.54, 1.807) is 4.90 Å². The van der Waals surface area contributed by atoms with Gasteiger partial charge in [-0.1, -0.05) is 48.0 Å². The van der Waals surface area contributed by atoms with Gasteiger partial charge in [-0.15, -0.1) is 0 Å². The second-order valence-corrected chi connectivity index (χ2v) is 5.60. The third-order valence-corrected chi connectivity index (χ3v) is 3.86. The molecule has 2 aromatic carbocycles. The van der Waals surface area contributed by atoms with E-state index in [-0.39, 0.29) is 11.9 Å². The van der Waals surface area contributed by atoms with Crippen molar-refractivity contribution < 1.29 is 9.59 Å². The Morgan fingerprint density at radius 1 is 1.17 bits per heavy atom. The van der Waals surface area contributed by atoms with Gasteiger partial charge in [0.25, 0.3) is 0 Å². The number of carbonyl (C=O) groups is 2. The lowest BCUT2D eigenvalue weighted by atomic mass is 10.0. The van der Waals surface area contributed by atoms with E-state index in [2.05, 4.69) is 10.6 Å². The standard InChI is InChI=1S/C18H19N3O2/c1-13-6-5-7-14(12-13)16-17(22)19-10-11-21(16)18(23)20-15-8-3-2-4-9-15/h2-9,12,16H,10-11H2,1H3,(H,19,22)(H,20,23). The predicted octanol–water partition coefficient (Wildman–Crippen LogP) is 2.70. The lowest BCUT2D eigenvalue weighted by Gasteiger charge is -2.35. The summed E-state index contributed by atoms with van der Waals surface area (Å²) >= 11 is 0. The van der Waals surface area contributed by atoms with Gasteiger partial charge < -0.3 is 15.5 Å². The number of rotatable bonds is 2. The number of hydrogen-bond acceptors (Lipinski definition) is 2. The highest BCUT2D eigenvalue weighted by Gasteiger charge is 2.34. The Kier molecular flexibility index (Phi) is 4.28. The first kappa shape index (κ1) is 15.1. The molecule has 1 aliphatic rings. The van der Waals surface area contributed by atoms with Crippen LogP contribution in [-0.4, -0.2) is 29.9 Å². The van der Waals surface area contributed by atoms with E-state index < -0.39 is 6.04 Å². The molecule has 0 spiro atoms. The third kappa shape index (κ3) is 3.34. The quantitative estimate of drug-likeness (QED) is 0.896. The number of nitrogens with zero attached hydrogens (tertiary/aromatic N) is 1. The number of aryl methyl sites for hydroxylation is 1. The molecular weight excluding hydrogens is 290 g/mol. The average molecular weight is 309 g/mol. The zero-order valence-corrected chi connectivity index (χ0v) is 13.0. The van der Waals surface area contributed by atoms with E-state index in [0.717, 1.165) is 11.1 Å². The van der Waals surface area contributed by atoms with Crippen molar-refractivity contribution in [2.75, 3.05) is 18.4 Å². The number of anilines is 1. The molecule has 0 radical (unpaired) electrons. The molecular formula is C18H19N3O2. The van der Waals surface area contributed by atoms with Crippen LogP contribution in [-0.2, 0) is 4.79 Å². The van der Waals surface area contributed by atoms with Crippen LogP contribution < -0.4 is 10.6 Å². The van der Waals surface area contributed by atoms with Crippen molar-refractivity contribution in [2.24, 2.45) is 0 Å². The zero-order valence-electron chi connectivity index (χ0n) is 13.0. The van der Waals surface area contributed by atoms with Gasteiger partial charge in [-0.2, -0.15) is 0 Å². The Bertz CT molecular complexity index is 715. The topological polar surface area (TPSA) is 61.4 Å². The van der Waals surface area contributed by atoms with Gasteiger partial charge in [0.05, 0.1) is 0 Å². The molecule has 2 aromatic rings. The molecule has 0 aromatic heterocycles. The van der Waals surface area contributed by atoms with Gasteiger partial charge in [0, 0.05) is 18.8 Å². The SMILES string of the molecule is Cc1cccc(C2C(=O)NCCN2C(=O)Nc2ccccc2)c1. The Morgan fingerprint density at radius 2 is 1.96 bits per heavy atom. The summed E-state index contributed by atoms with van der Waals surface area (Å²) in [5, 5.41) is 5.69. The van der Waals surface area contributed by atoms with E-state index in [1.807, 2.05) is 61.5 Å². The molecule has 2 N–H and O–H groups in total. The molecule has 3 rings (SSSR count). The zero-order chi connectivity index (χ0) is 16.2. The number of piperazine rings is 1. The summed E-state index contributed by atoms with van der Waals surface area (Å²) in [5.74, 6) is -0.148. The number of urea groups is 1. The Balaban J connectivity index is 1.86. The molecule has 0 aliphatic carbocycles. The van der Waals surface area contributed by atoms with Gasteiger partial charge in [-0.05, 0) is 24.6 Å². The first-order valence-corrected chi connectivity index (χ1v) is 7.62. The van der Waals surface area contributed by atoms with Crippen molar-refractivity contribution in [1.29, 1.82) is 0 Å². The third-order valence-electron chi connectivity index (χ3n) is 3.86. The summed E-state index contributed by atoms with van der Waals surface area (Å²) < 4.78 is 0. The minimum Gasteiger partial charge on any atom is -0.352 e. The second-order valence-electron chi connectivity index (χ2n) is 5.60. The smallest absolute Gasteiger partial charge is 0.322 e. The first-order valence-electron chi connectivity index (χ1n) is 7.62. The largest absolute Gasteiger partial charge is 0.352 e. The number of amides is 3. The van der Waals surface area contributed by atoms with E-state index in [4.69, 9.17) is 0 Å². The van der Waals surface area contributed by atoms with Crippen LogP contribution in [0.1, 0.15) is 17.2 Å². The van der Waals surface area contributed by atoms with Crippen molar-refractivity contribution in [2.45, 2.75) is 13.0 Å². The highest BCUT2D eigenvalue weighted by Crippen LogP contribution is 2.25. The molecule has 1 unspecified atom stereocenters. The molecule has 5 nitrogen and oxygen atoms in total. The minimum absolute atomic E-state index is 0.148. The van der Waals surface area contributed by atoms with Gasteiger partial charge in [0.1, 0.15) is 6.04 Å². The lowest BCUT2D eigenvalue weighted by molar-refractivity contribution is -0.127.